The maximum absolute atomic E-state index is 12.8. The highest BCUT2D eigenvalue weighted by atomic mass is 35.5. The lowest BCUT2D eigenvalue weighted by Gasteiger charge is -2.33. The van der Waals surface area contributed by atoms with Crippen molar-refractivity contribution in [3.63, 3.8) is 0 Å². The molecule has 6 heteroatoms. The molecule has 1 amide bonds. The Morgan fingerprint density at radius 2 is 2.12 bits per heavy atom. The third-order valence-electron chi connectivity index (χ3n) is 5.46. The third-order valence-corrected chi connectivity index (χ3v) is 5.88. The maximum Gasteiger partial charge on any atom is 0.253 e. The van der Waals surface area contributed by atoms with E-state index in [0.29, 0.717) is 18.7 Å². The van der Waals surface area contributed by atoms with Crippen LogP contribution in [-0.4, -0.2) is 40.4 Å². The molecule has 2 aromatic rings. The number of aliphatic hydroxyl groups excluding tert-OH is 1. The van der Waals surface area contributed by atoms with Crippen LogP contribution in [0, 0.1) is 5.92 Å². The van der Waals surface area contributed by atoms with E-state index >= 15 is 0 Å². The van der Waals surface area contributed by atoms with Crippen molar-refractivity contribution in [2.45, 2.75) is 43.4 Å². The standard InChI is InChI=1S/C19H23ClN2O3/c20-18-16(11-25-18)22-10-14(13-6-2-3-7-15(13)22)19(24)21-9-12-5-1-4-8-17(12)23/h2-3,6-7,10,12,16-18,23H,1,4-5,8-9,11H2,(H,21,24)/t12-,16?,17-,18?/m1/s1. The zero-order valence-electron chi connectivity index (χ0n) is 14.0. The molecule has 2 fully saturated rings. The van der Waals surface area contributed by atoms with Gasteiger partial charge in [0.05, 0.1) is 24.3 Å². The highest BCUT2D eigenvalue weighted by Crippen LogP contribution is 2.34. The van der Waals surface area contributed by atoms with Gasteiger partial charge >= 0.3 is 0 Å². The second-order valence-corrected chi connectivity index (χ2v) is 7.47. The van der Waals surface area contributed by atoms with Gasteiger partial charge in [0.25, 0.3) is 5.91 Å². The van der Waals surface area contributed by atoms with Gasteiger partial charge in [-0.1, -0.05) is 42.6 Å². The fourth-order valence-electron chi connectivity index (χ4n) is 3.87. The van der Waals surface area contributed by atoms with Crippen molar-refractivity contribution in [2.24, 2.45) is 5.92 Å². The lowest BCUT2D eigenvalue weighted by Crippen LogP contribution is -2.37. The number of para-hydroxylation sites is 1. The molecule has 1 saturated carbocycles. The van der Waals surface area contributed by atoms with E-state index in [1.54, 1.807) is 0 Å². The number of nitrogens with zero attached hydrogens (tertiary/aromatic N) is 1. The smallest absolute Gasteiger partial charge is 0.253 e. The molecule has 1 saturated heterocycles. The molecule has 0 spiro atoms. The number of benzene rings is 1. The normalized spacial score (nSPS) is 29.4. The Labute approximate surface area is 151 Å². The molecule has 5 nitrogen and oxygen atoms in total. The van der Waals surface area contributed by atoms with Crippen molar-refractivity contribution >= 4 is 28.4 Å². The van der Waals surface area contributed by atoms with Crippen LogP contribution in [0.2, 0.25) is 0 Å². The molecule has 4 atom stereocenters. The first-order valence-corrected chi connectivity index (χ1v) is 9.40. The minimum atomic E-state index is -0.357. The van der Waals surface area contributed by atoms with Crippen molar-refractivity contribution in [3.8, 4) is 0 Å². The zero-order valence-corrected chi connectivity index (χ0v) is 14.8. The number of rotatable bonds is 4. The number of carbonyl (C=O) groups excluding carboxylic acids is 1. The molecule has 1 aliphatic heterocycles. The van der Waals surface area contributed by atoms with Crippen LogP contribution in [0.3, 0.4) is 0 Å². The fourth-order valence-corrected chi connectivity index (χ4v) is 4.13. The van der Waals surface area contributed by atoms with Gasteiger partial charge in [0.2, 0.25) is 0 Å². The Morgan fingerprint density at radius 1 is 1.32 bits per heavy atom. The molecule has 1 aliphatic carbocycles. The summed E-state index contributed by atoms with van der Waals surface area (Å²) < 4.78 is 7.31. The van der Waals surface area contributed by atoms with Crippen LogP contribution < -0.4 is 5.32 Å². The highest BCUT2D eigenvalue weighted by Gasteiger charge is 2.33. The number of hydrogen-bond donors (Lipinski definition) is 2. The van der Waals surface area contributed by atoms with Crippen LogP contribution in [0.15, 0.2) is 30.5 Å². The van der Waals surface area contributed by atoms with Gasteiger partial charge in [0, 0.05) is 29.6 Å². The van der Waals surface area contributed by atoms with Crippen molar-refractivity contribution < 1.29 is 14.6 Å². The Bertz CT molecular complexity index is 775. The molecule has 0 bridgehead atoms. The van der Waals surface area contributed by atoms with E-state index < -0.39 is 0 Å². The van der Waals surface area contributed by atoms with Crippen LogP contribution in [0.1, 0.15) is 42.1 Å². The first-order chi connectivity index (χ1) is 12.1. The van der Waals surface area contributed by atoms with Crippen LogP contribution in [0.4, 0.5) is 0 Å². The van der Waals surface area contributed by atoms with Crippen molar-refractivity contribution in [1.82, 2.24) is 9.88 Å². The molecule has 0 radical (unpaired) electrons. The predicted octanol–water partition coefficient (Wildman–Crippen LogP) is 3.06. The summed E-state index contributed by atoms with van der Waals surface area (Å²) in [7, 11) is 0. The summed E-state index contributed by atoms with van der Waals surface area (Å²) in [5.74, 6) is 0.0531. The van der Waals surface area contributed by atoms with Crippen LogP contribution in [-0.2, 0) is 4.74 Å². The number of fused-ring (bicyclic) bond motifs is 1. The molecular formula is C19H23ClN2O3. The summed E-state index contributed by atoms with van der Waals surface area (Å²) >= 11 is 6.15. The van der Waals surface area contributed by atoms with Gasteiger partial charge in [-0.15, -0.1) is 0 Å². The Kier molecular flexibility index (Phi) is 4.71. The van der Waals surface area contributed by atoms with E-state index in [2.05, 4.69) is 5.32 Å². The van der Waals surface area contributed by atoms with Crippen LogP contribution >= 0.6 is 11.6 Å². The van der Waals surface area contributed by atoms with Gasteiger partial charge in [0.15, 0.2) is 5.56 Å². The summed E-state index contributed by atoms with van der Waals surface area (Å²) in [6.45, 7) is 1.08. The molecular weight excluding hydrogens is 340 g/mol. The molecule has 134 valence electrons. The van der Waals surface area contributed by atoms with E-state index in [1.807, 2.05) is 35.0 Å². The Morgan fingerprint density at radius 3 is 2.84 bits per heavy atom. The first-order valence-electron chi connectivity index (χ1n) is 8.96. The topological polar surface area (TPSA) is 63.5 Å². The first kappa shape index (κ1) is 16.9. The minimum Gasteiger partial charge on any atom is -0.393 e. The van der Waals surface area contributed by atoms with Crippen LogP contribution in [0.25, 0.3) is 10.9 Å². The lowest BCUT2D eigenvalue weighted by atomic mass is 9.86. The van der Waals surface area contributed by atoms with Gasteiger partial charge in [-0.3, -0.25) is 4.79 Å². The quantitative estimate of drug-likeness (QED) is 0.822. The van der Waals surface area contributed by atoms with E-state index in [-0.39, 0.29) is 29.5 Å². The van der Waals surface area contributed by atoms with E-state index in [9.17, 15) is 9.90 Å². The summed E-state index contributed by atoms with van der Waals surface area (Å²) in [6, 6.07) is 7.90. The molecule has 2 aliphatic rings. The minimum absolute atomic E-state index is 0.0493. The van der Waals surface area contributed by atoms with Crippen molar-refractivity contribution in [2.75, 3.05) is 13.2 Å². The molecule has 4 rings (SSSR count). The Balaban J connectivity index is 1.55. The number of carbonyl (C=O) groups is 1. The van der Waals surface area contributed by atoms with Gasteiger partial charge in [-0.05, 0) is 18.9 Å². The molecule has 2 unspecified atom stereocenters. The number of amides is 1. The number of nitrogens with one attached hydrogen (secondary N) is 1. The zero-order chi connectivity index (χ0) is 17.4. The molecule has 25 heavy (non-hydrogen) atoms. The van der Waals surface area contributed by atoms with E-state index in [4.69, 9.17) is 16.3 Å². The number of aliphatic hydroxyl groups is 1. The van der Waals surface area contributed by atoms with E-state index in [0.717, 1.165) is 36.6 Å². The lowest BCUT2D eigenvalue weighted by molar-refractivity contribution is -0.0523. The molecule has 2 heterocycles. The number of halogens is 1. The van der Waals surface area contributed by atoms with Gasteiger partial charge in [-0.25, -0.2) is 0 Å². The summed E-state index contributed by atoms with van der Waals surface area (Å²) in [5.41, 5.74) is 1.28. The molecule has 1 aromatic heterocycles. The average Bonchev–Trinajstić information content (AvgIpc) is 2.99. The maximum atomic E-state index is 12.8. The van der Waals surface area contributed by atoms with E-state index in [1.165, 1.54) is 0 Å². The third kappa shape index (κ3) is 3.16. The predicted molar refractivity (Wildman–Crippen MR) is 96.9 cm³/mol. The largest absolute Gasteiger partial charge is 0.393 e. The molecule has 1 aromatic carbocycles. The summed E-state index contributed by atoms with van der Waals surface area (Å²) in [6.07, 6.45) is 5.56. The summed E-state index contributed by atoms with van der Waals surface area (Å²) in [5, 5.41) is 14.0. The highest BCUT2D eigenvalue weighted by molar-refractivity contribution is 6.20. The number of aromatic nitrogens is 1. The number of hydrogen-bond acceptors (Lipinski definition) is 3. The van der Waals surface area contributed by atoms with Crippen molar-refractivity contribution in [3.05, 3.63) is 36.0 Å². The fraction of sp³-hybridized carbons (Fsp3) is 0.526. The van der Waals surface area contributed by atoms with Gasteiger partial charge in [-0.2, -0.15) is 0 Å². The number of alkyl halides is 1. The second kappa shape index (κ2) is 6.98. The second-order valence-electron chi connectivity index (χ2n) is 7.04. The molecule has 2 N–H and O–H groups in total. The SMILES string of the molecule is O=C(NC[C@H]1CCCC[C@H]1O)c1cn(C2COC2Cl)c2ccccc12. The summed E-state index contributed by atoms with van der Waals surface area (Å²) in [4.78, 5) is 12.8. The number of ether oxygens (including phenoxy) is 1. The van der Waals surface area contributed by atoms with Gasteiger partial charge in [0.1, 0.15) is 0 Å². The van der Waals surface area contributed by atoms with Crippen LogP contribution in [0.5, 0.6) is 0 Å². The average molecular weight is 363 g/mol. The van der Waals surface area contributed by atoms with Gasteiger partial charge < -0.3 is 19.7 Å². The van der Waals surface area contributed by atoms with Crippen molar-refractivity contribution in [1.29, 1.82) is 0 Å². The Hall–Kier alpha value is -1.56. The monoisotopic (exact) mass is 362 g/mol.